The molecule has 1 fully saturated rings. The first-order chi connectivity index (χ1) is 16.2. The molecule has 3 aromatic rings. The number of urea groups is 1. The third kappa shape index (κ3) is 5.71. The summed E-state index contributed by atoms with van der Waals surface area (Å²) < 4.78 is 38.8. The lowest BCUT2D eigenvalue weighted by molar-refractivity contribution is -0.137. The Morgan fingerprint density at radius 3 is 2.56 bits per heavy atom. The van der Waals surface area contributed by atoms with Crippen LogP contribution in [0.5, 0.6) is 0 Å². The SMILES string of the molecule is Cc1ccc(NC(=O)c2nnc(C3CCCN(C(=O)Nc4cccc(C(F)(F)F)c4)C3)s2)cc1. The molecule has 0 radical (unpaired) electrons. The van der Waals surface area contributed by atoms with Gasteiger partial charge in [-0.05, 0) is 50.1 Å². The van der Waals surface area contributed by atoms with E-state index in [4.69, 9.17) is 0 Å². The molecule has 178 valence electrons. The number of likely N-dealkylation sites (tertiary alicyclic amines) is 1. The molecule has 7 nitrogen and oxygen atoms in total. The number of carbonyl (C=O) groups excluding carboxylic acids is 2. The molecule has 34 heavy (non-hydrogen) atoms. The second-order valence-corrected chi connectivity index (χ2v) is 9.07. The maximum atomic E-state index is 12.9. The normalized spacial score (nSPS) is 16.2. The van der Waals surface area contributed by atoms with Crippen LogP contribution in [0.15, 0.2) is 48.5 Å². The minimum Gasteiger partial charge on any atom is -0.324 e. The number of amides is 3. The minimum absolute atomic E-state index is 0.0768. The van der Waals surface area contributed by atoms with Gasteiger partial charge in [0.15, 0.2) is 0 Å². The number of alkyl halides is 3. The van der Waals surface area contributed by atoms with Gasteiger partial charge in [0.2, 0.25) is 5.01 Å². The second kappa shape index (κ2) is 9.80. The van der Waals surface area contributed by atoms with Gasteiger partial charge in [-0.3, -0.25) is 4.79 Å². The zero-order valence-corrected chi connectivity index (χ0v) is 19.0. The van der Waals surface area contributed by atoms with Crippen LogP contribution in [-0.2, 0) is 6.18 Å². The third-order valence-corrected chi connectivity index (χ3v) is 6.53. The fourth-order valence-electron chi connectivity index (χ4n) is 3.65. The van der Waals surface area contributed by atoms with Crippen molar-refractivity contribution in [2.24, 2.45) is 0 Å². The van der Waals surface area contributed by atoms with Crippen molar-refractivity contribution in [3.63, 3.8) is 0 Å². The fraction of sp³-hybridized carbons (Fsp3) is 0.304. The quantitative estimate of drug-likeness (QED) is 0.505. The summed E-state index contributed by atoms with van der Waals surface area (Å²) in [6.45, 7) is 2.76. The number of hydrogen-bond donors (Lipinski definition) is 2. The topological polar surface area (TPSA) is 87.2 Å². The average molecular weight is 490 g/mol. The van der Waals surface area contributed by atoms with Crippen LogP contribution >= 0.6 is 11.3 Å². The highest BCUT2D eigenvalue weighted by Gasteiger charge is 2.31. The van der Waals surface area contributed by atoms with Gasteiger partial charge < -0.3 is 15.5 Å². The molecule has 1 saturated heterocycles. The van der Waals surface area contributed by atoms with Gasteiger partial charge in [-0.15, -0.1) is 10.2 Å². The number of piperidine rings is 1. The Labute approximate surface area is 198 Å². The smallest absolute Gasteiger partial charge is 0.324 e. The molecule has 1 atom stereocenters. The molecule has 2 heterocycles. The number of halogens is 3. The summed E-state index contributed by atoms with van der Waals surface area (Å²) in [5, 5.41) is 14.4. The number of nitrogens with zero attached hydrogens (tertiary/aromatic N) is 3. The Kier molecular flexibility index (Phi) is 6.82. The molecule has 3 amide bonds. The Balaban J connectivity index is 1.38. The van der Waals surface area contributed by atoms with E-state index in [1.807, 2.05) is 19.1 Å². The summed E-state index contributed by atoms with van der Waals surface area (Å²) in [5.41, 5.74) is 0.984. The maximum absolute atomic E-state index is 12.9. The first-order valence-corrected chi connectivity index (χ1v) is 11.5. The van der Waals surface area contributed by atoms with Crippen molar-refractivity contribution in [1.29, 1.82) is 0 Å². The summed E-state index contributed by atoms with van der Waals surface area (Å²) in [7, 11) is 0. The van der Waals surface area contributed by atoms with E-state index in [0.717, 1.165) is 24.1 Å². The molecular weight excluding hydrogens is 467 g/mol. The molecule has 2 N–H and O–H groups in total. The Morgan fingerprint density at radius 1 is 1.06 bits per heavy atom. The molecule has 1 aromatic heterocycles. The van der Waals surface area contributed by atoms with E-state index in [1.54, 1.807) is 17.0 Å². The Hall–Kier alpha value is -3.47. The van der Waals surface area contributed by atoms with Crippen molar-refractivity contribution in [2.45, 2.75) is 31.9 Å². The third-order valence-electron chi connectivity index (χ3n) is 5.44. The van der Waals surface area contributed by atoms with Gasteiger partial charge in [-0.2, -0.15) is 13.2 Å². The van der Waals surface area contributed by atoms with Crippen LogP contribution in [0.4, 0.5) is 29.3 Å². The van der Waals surface area contributed by atoms with Crippen LogP contribution < -0.4 is 10.6 Å². The summed E-state index contributed by atoms with van der Waals surface area (Å²) in [5.74, 6) is -0.470. The van der Waals surface area contributed by atoms with Gasteiger partial charge in [0.1, 0.15) is 5.01 Å². The van der Waals surface area contributed by atoms with E-state index in [2.05, 4.69) is 20.8 Å². The monoisotopic (exact) mass is 489 g/mol. The summed E-state index contributed by atoms with van der Waals surface area (Å²) >= 11 is 1.17. The number of rotatable bonds is 4. The molecule has 0 bridgehead atoms. The lowest BCUT2D eigenvalue weighted by Crippen LogP contribution is -2.41. The maximum Gasteiger partial charge on any atom is 0.416 e. The largest absolute Gasteiger partial charge is 0.416 e. The molecule has 1 aliphatic rings. The van der Waals surface area contributed by atoms with E-state index in [1.165, 1.54) is 23.5 Å². The predicted molar refractivity (Wildman–Crippen MR) is 123 cm³/mol. The van der Waals surface area contributed by atoms with Crippen molar-refractivity contribution in [3.05, 3.63) is 69.7 Å². The lowest BCUT2D eigenvalue weighted by Gasteiger charge is -2.31. The first-order valence-electron chi connectivity index (χ1n) is 10.6. The first kappa shape index (κ1) is 23.7. The lowest BCUT2D eigenvalue weighted by atomic mass is 9.99. The molecule has 2 aromatic carbocycles. The van der Waals surface area contributed by atoms with Gasteiger partial charge >= 0.3 is 12.2 Å². The molecule has 0 spiro atoms. The zero-order chi connectivity index (χ0) is 24.3. The predicted octanol–water partition coefficient (Wildman–Crippen LogP) is 5.53. The van der Waals surface area contributed by atoms with Crippen molar-refractivity contribution < 1.29 is 22.8 Å². The summed E-state index contributed by atoms with van der Waals surface area (Å²) in [6.07, 6.45) is -3.02. The second-order valence-electron chi connectivity index (χ2n) is 8.06. The van der Waals surface area contributed by atoms with E-state index < -0.39 is 17.8 Å². The van der Waals surface area contributed by atoms with Gasteiger partial charge in [0, 0.05) is 30.4 Å². The standard InChI is InChI=1S/C23H22F3N5O2S/c1-14-7-9-17(10-8-14)27-19(32)21-30-29-20(34-21)15-4-3-11-31(13-15)22(33)28-18-6-2-5-16(12-18)23(24,25)26/h2,5-10,12,15H,3-4,11,13H2,1H3,(H,27,32)(H,28,33). The highest BCUT2D eigenvalue weighted by Crippen LogP contribution is 2.32. The van der Waals surface area contributed by atoms with E-state index in [0.29, 0.717) is 30.2 Å². The van der Waals surface area contributed by atoms with Crippen molar-refractivity contribution >= 4 is 34.6 Å². The van der Waals surface area contributed by atoms with Gasteiger partial charge in [-0.25, -0.2) is 4.79 Å². The number of benzene rings is 2. The molecule has 1 aliphatic heterocycles. The number of carbonyl (C=O) groups is 2. The molecular formula is C23H22F3N5O2S. The van der Waals surface area contributed by atoms with Crippen LogP contribution in [0, 0.1) is 6.92 Å². The van der Waals surface area contributed by atoms with E-state index in [-0.39, 0.29) is 22.5 Å². The molecule has 0 saturated carbocycles. The number of hydrogen-bond acceptors (Lipinski definition) is 5. The Morgan fingerprint density at radius 2 is 1.82 bits per heavy atom. The summed E-state index contributed by atoms with van der Waals surface area (Å²) in [4.78, 5) is 26.7. The van der Waals surface area contributed by atoms with E-state index >= 15 is 0 Å². The molecule has 0 aliphatic carbocycles. The average Bonchev–Trinajstić information content (AvgIpc) is 3.31. The van der Waals surface area contributed by atoms with Crippen molar-refractivity contribution in [2.75, 3.05) is 23.7 Å². The molecule has 11 heteroatoms. The molecule has 1 unspecified atom stereocenters. The zero-order valence-electron chi connectivity index (χ0n) is 18.2. The van der Waals surface area contributed by atoms with E-state index in [9.17, 15) is 22.8 Å². The van der Waals surface area contributed by atoms with Crippen molar-refractivity contribution in [3.8, 4) is 0 Å². The fourth-order valence-corrected chi connectivity index (χ4v) is 4.52. The number of aryl methyl sites for hydroxylation is 1. The van der Waals surface area contributed by atoms with Gasteiger partial charge in [0.25, 0.3) is 5.91 Å². The summed E-state index contributed by atoms with van der Waals surface area (Å²) in [6, 6.07) is 11.4. The highest BCUT2D eigenvalue weighted by molar-refractivity contribution is 7.13. The molecule has 4 rings (SSSR count). The number of anilines is 2. The Bertz CT molecular complexity index is 1180. The van der Waals surface area contributed by atoms with Crippen LogP contribution in [-0.4, -0.2) is 40.1 Å². The number of aromatic nitrogens is 2. The number of nitrogens with one attached hydrogen (secondary N) is 2. The minimum atomic E-state index is -4.49. The van der Waals surface area contributed by atoms with Crippen LogP contribution in [0.2, 0.25) is 0 Å². The van der Waals surface area contributed by atoms with Crippen LogP contribution in [0.3, 0.4) is 0 Å². The van der Waals surface area contributed by atoms with Gasteiger partial charge in [-0.1, -0.05) is 35.1 Å². The highest BCUT2D eigenvalue weighted by atomic mass is 32.1. The van der Waals surface area contributed by atoms with Crippen molar-refractivity contribution in [1.82, 2.24) is 15.1 Å². The van der Waals surface area contributed by atoms with Gasteiger partial charge in [0.05, 0.1) is 5.56 Å². The van der Waals surface area contributed by atoms with Crippen LogP contribution in [0.1, 0.15) is 44.7 Å². The van der Waals surface area contributed by atoms with Crippen LogP contribution in [0.25, 0.3) is 0 Å².